The van der Waals surface area contributed by atoms with Gasteiger partial charge in [-0.25, -0.2) is 13.2 Å². The van der Waals surface area contributed by atoms with Crippen molar-refractivity contribution in [3.63, 3.8) is 0 Å². The monoisotopic (exact) mass is 508 g/mol. The minimum Gasteiger partial charge on any atom is -0.489 e. The van der Waals surface area contributed by atoms with E-state index in [-0.39, 0.29) is 17.5 Å². The van der Waals surface area contributed by atoms with E-state index in [2.05, 4.69) is 11.8 Å². The molecule has 0 radical (unpaired) electrons. The van der Waals surface area contributed by atoms with E-state index in [4.69, 9.17) is 9.47 Å². The number of thioether (sulfide) groups is 1. The number of methoxy groups -OCH3 is 1. The number of carboxylic acids is 1. The van der Waals surface area contributed by atoms with E-state index < -0.39 is 22.1 Å². The van der Waals surface area contributed by atoms with E-state index in [1.165, 1.54) is 29.2 Å². The molecule has 0 fully saturated rings. The highest BCUT2D eigenvalue weighted by Crippen LogP contribution is 2.43. The van der Waals surface area contributed by atoms with Gasteiger partial charge in [-0.1, -0.05) is 38.0 Å². The number of para-hydroxylation sites is 1. The summed E-state index contributed by atoms with van der Waals surface area (Å²) in [5.74, 6) is -0.837. The van der Waals surface area contributed by atoms with Gasteiger partial charge in [-0.05, 0) is 30.9 Å². The van der Waals surface area contributed by atoms with Crippen molar-refractivity contribution in [2.75, 3.05) is 38.5 Å². The van der Waals surface area contributed by atoms with Crippen LogP contribution in [0.4, 0.5) is 11.4 Å². The Morgan fingerprint density at radius 1 is 1.26 bits per heavy atom. The highest BCUT2D eigenvalue weighted by atomic mass is 32.2. The van der Waals surface area contributed by atoms with Gasteiger partial charge in [0.15, 0.2) is 6.10 Å². The van der Waals surface area contributed by atoms with Crippen molar-refractivity contribution in [3.05, 3.63) is 42.5 Å². The summed E-state index contributed by atoms with van der Waals surface area (Å²) in [5.41, 5.74) is 1.48. The van der Waals surface area contributed by atoms with Gasteiger partial charge in [-0.2, -0.15) is 4.31 Å². The van der Waals surface area contributed by atoms with Crippen LogP contribution in [0.2, 0.25) is 0 Å². The molecule has 0 aromatic heterocycles. The summed E-state index contributed by atoms with van der Waals surface area (Å²) in [4.78, 5) is 14.2. The lowest BCUT2D eigenvalue weighted by molar-refractivity contribution is -0.150. The number of benzene rings is 2. The molecule has 0 amide bonds. The SMILES string of the molecule is CCCC[C@H]1CN(c2ccccc2)c2cc(SC)c(OCC(OC)C(=O)O)cc2S(=O)(=O)N1C. The van der Waals surface area contributed by atoms with Gasteiger partial charge in [0.05, 0.1) is 10.6 Å². The standard InChI is InChI=1S/C24H32N2O6S2/c1-5-6-10-18-15-26(17-11-8-7-9-12-17)19-13-22(33-4)20(32-16-21(31-3)24(27)28)14-23(19)34(29,30)25(18)2/h7-9,11-14,18,21H,5-6,10,15-16H2,1-4H3,(H,27,28)/t18-,21?/m0/s1. The molecule has 1 aliphatic rings. The zero-order valence-corrected chi connectivity index (χ0v) is 21.6. The van der Waals surface area contributed by atoms with Crippen molar-refractivity contribution in [1.82, 2.24) is 4.31 Å². The van der Waals surface area contributed by atoms with E-state index in [9.17, 15) is 18.3 Å². The molecule has 8 nitrogen and oxygen atoms in total. The Morgan fingerprint density at radius 2 is 1.97 bits per heavy atom. The molecular weight excluding hydrogens is 476 g/mol. The Hall–Kier alpha value is -2.27. The Morgan fingerprint density at radius 3 is 2.56 bits per heavy atom. The number of anilines is 2. The molecule has 3 rings (SSSR count). The van der Waals surface area contributed by atoms with E-state index in [1.54, 1.807) is 7.05 Å². The van der Waals surface area contributed by atoms with Crippen LogP contribution in [-0.2, 0) is 19.6 Å². The largest absolute Gasteiger partial charge is 0.489 e. The Labute approximate surface area is 205 Å². The van der Waals surface area contributed by atoms with Gasteiger partial charge >= 0.3 is 5.97 Å². The number of unbranched alkanes of at least 4 members (excludes halogenated alkanes) is 1. The first-order valence-corrected chi connectivity index (χ1v) is 13.8. The number of hydrogen-bond acceptors (Lipinski definition) is 7. The van der Waals surface area contributed by atoms with E-state index in [0.717, 1.165) is 24.9 Å². The molecule has 34 heavy (non-hydrogen) atoms. The van der Waals surface area contributed by atoms with Gasteiger partial charge in [-0.15, -0.1) is 11.8 Å². The Balaban J connectivity index is 2.15. The maximum atomic E-state index is 13.7. The molecule has 0 spiro atoms. The molecule has 0 saturated carbocycles. The van der Waals surface area contributed by atoms with Crippen molar-refractivity contribution in [2.24, 2.45) is 0 Å². The first kappa shape index (κ1) is 26.3. The van der Waals surface area contributed by atoms with Gasteiger partial charge in [0.25, 0.3) is 0 Å². The lowest BCUT2D eigenvalue weighted by Crippen LogP contribution is -2.40. The number of rotatable bonds is 10. The molecule has 1 unspecified atom stereocenters. The van der Waals surface area contributed by atoms with Crippen molar-refractivity contribution in [1.29, 1.82) is 0 Å². The molecule has 1 heterocycles. The van der Waals surface area contributed by atoms with Gasteiger partial charge in [0.1, 0.15) is 17.3 Å². The molecule has 2 atom stereocenters. The first-order valence-electron chi connectivity index (χ1n) is 11.2. The molecular formula is C24H32N2O6S2. The first-order chi connectivity index (χ1) is 16.2. The van der Waals surface area contributed by atoms with Crippen LogP contribution in [0.3, 0.4) is 0 Å². The molecule has 0 saturated heterocycles. The average molecular weight is 509 g/mol. The number of likely N-dealkylation sites (N-methyl/N-ethyl adjacent to an activating group) is 1. The number of carbonyl (C=O) groups is 1. The van der Waals surface area contributed by atoms with Gasteiger partial charge in [-0.3, -0.25) is 0 Å². The number of sulfonamides is 1. The van der Waals surface area contributed by atoms with E-state index in [0.29, 0.717) is 22.9 Å². The highest BCUT2D eigenvalue weighted by molar-refractivity contribution is 7.98. The molecule has 2 aromatic rings. The summed E-state index contributed by atoms with van der Waals surface area (Å²) in [5, 5.41) is 9.27. The summed E-state index contributed by atoms with van der Waals surface area (Å²) in [6, 6.07) is 12.9. The second-order valence-corrected chi connectivity index (χ2v) is 10.9. The Kier molecular flexibility index (Phi) is 8.86. The molecule has 2 aromatic carbocycles. The summed E-state index contributed by atoms with van der Waals surface area (Å²) in [6.07, 6.45) is 3.35. The summed E-state index contributed by atoms with van der Waals surface area (Å²) in [6.45, 7) is 2.37. The van der Waals surface area contributed by atoms with Gasteiger partial charge < -0.3 is 19.5 Å². The lowest BCUT2D eigenvalue weighted by Gasteiger charge is -2.29. The van der Waals surface area contributed by atoms with Crippen molar-refractivity contribution < 1.29 is 27.8 Å². The van der Waals surface area contributed by atoms with Crippen LogP contribution in [0.5, 0.6) is 5.75 Å². The van der Waals surface area contributed by atoms with Crippen LogP contribution in [0.15, 0.2) is 52.3 Å². The van der Waals surface area contributed by atoms with Crippen LogP contribution in [0, 0.1) is 0 Å². The van der Waals surface area contributed by atoms with Crippen LogP contribution in [0.25, 0.3) is 0 Å². The maximum absolute atomic E-state index is 13.7. The second-order valence-electron chi connectivity index (χ2n) is 8.11. The quantitative estimate of drug-likeness (QED) is 0.477. The normalized spacial score (nSPS) is 18.7. The smallest absolute Gasteiger partial charge is 0.336 e. The number of nitrogens with zero attached hydrogens (tertiary/aromatic N) is 2. The third-order valence-electron chi connectivity index (χ3n) is 6.01. The molecule has 10 heteroatoms. The van der Waals surface area contributed by atoms with Gasteiger partial charge in [0, 0.05) is 38.5 Å². The third kappa shape index (κ3) is 5.51. The van der Waals surface area contributed by atoms with Crippen LogP contribution in [0.1, 0.15) is 26.2 Å². The predicted molar refractivity (Wildman–Crippen MR) is 134 cm³/mol. The zero-order chi connectivity index (χ0) is 24.9. The Bertz CT molecular complexity index is 1090. The summed E-state index contributed by atoms with van der Waals surface area (Å²) < 4.78 is 39.7. The minimum absolute atomic E-state index is 0.134. The molecule has 0 bridgehead atoms. The van der Waals surface area contributed by atoms with Crippen LogP contribution >= 0.6 is 11.8 Å². The van der Waals surface area contributed by atoms with E-state index in [1.807, 2.05) is 42.7 Å². The lowest BCUT2D eigenvalue weighted by atomic mass is 10.1. The fraction of sp³-hybridized carbons (Fsp3) is 0.458. The maximum Gasteiger partial charge on any atom is 0.336 e. The zero-order valence-electron chi connectivity index (χ0n) is 19.9. The minimum atomic E-state index is -3.83. The van der Waals surface area contributed by atoms with Crippen LogP contribution < -0.4 is 9.64 Å². The molecule has 1 N–H and O–H groups in total. The number of fused-ring (bicyclic) bond motifs is 1. The fourth-order valence-electron chi connectivity index (χ4n) is 3.97. The number of carboxylic acid groups (broad SMARTS) is 1. The number of ether oxygens (including phenoxy) is 2. The fourth-order valence-corrected chi connectivity index (χ4v) is 6.08. The van der Waals surface area contributed by atoms with Crippen molar-refractivity contribution >= 4 is 39.1 Å². The average Bonchev–Trinajstić information content (AvgIpc) is 2.91. The third-order valence-corrected chi connectivity index (χ3v) is 8.71. The topological polar surface area (TPSA) is 96.4 Å². The molecule has 1 aliphatic heterocycles. The van der Waals surface area contributed by atoms with Crippen molar-refractivity contribution in [3.8, 4) is 5.75 Å². The summed E-state index contributed by atoms with van der Waals surface area (Å²) >= 11 is 1.41. The molecule has 186 valence electrons. The molecule has 0 aliphatic carbocycles. The highest BCUT2D eigenvalue weighted by Gasteiger charge is 2.37. The predicted octanol–water partition coefficient (Wildman–Crippen LogP) is 4.22. The number of aliphatic carboxylic acids is 1. The second kappa shape index (κ2) is 11.4. The van der Waals surface area contributed by atoms with E-state index >= 15 is 0 Å². The number of hydrogen-bond donors (Lipinski definition) is 1. The van der Waals surface area contributed by atoms with Crippen LogP contribution in [-0.4, -0.2) is 69.5 Å². The van der Waals surface area contributed by atoms with Crippen molar-refractivity contribution in [2.45, 2.75) is 48.1 Å². The van der Waals surface area contributed by atoms with Gasteiger partial charge in [0.2, 0.25) is 10.0 Å². The summed E-state index contributed by atoms with van der Waals surface area (Å²) in [7, 11) is -0.910.